The van der Waals surface area contributed by atoms with Crippen LogP contribution in [0.25, 0.3) is 10.8 Å². The van der Waals surface area contributed by atoms with Crippen LogP contribution in [0.15, 0.2) is 36.4 Å². The van der Waals surface area contributed by atoms with Crippen molar-refractivity contribution >= 4 is 35.1 Å². The van der Waals surface area contributed by atoms with Gasteiger partial charge in [-0.05, 0) is 29.2 Å². The van der Waals surface area contributed by atoms with Crippen LogP contribution in [-0.4, -0.2) is 29.5 Å². The van der Waals surface area contributed by atoms with Crippen LogP contribution in [0.3, 0.4) is 0 Å². The highest BCUT2D eigenvalue weighted by atomic mass is 32.1. The minimum absolute atomic E-state index is 0.0356. The highest BCUT2D eigenvalue weighted by Crippen LogP contribution is 2.25. The van der Waals surface area contributed by atoms with E-state index in [0.29, 0.717) is 30.6 Å². The lowest BCUT2D eigenvalue weighted by Crippen LogP contribution is -2.39. The number of benzene rings is 2. The maximum absolute atomic E-state index is 13.0. The van der Waals surface area contributed by atoms with E-state index in [-0.39, 0.29) is 17.7 Å². The van der Waals surface area contributed by atoms with Crippen LogP contribution in [0.5, 0.6) is 0 Å². The molecule has 0 bridgehead atoms. The second kappa shape index (κ2) is 9.02. The molecule has 0 fully saturated rings. The fourth-order valence-corrected chi connectivity index (χ4v) is 3.14. The molecule has 1 amide bonds. The van der Waals surface area contributed by atoms with E-state index in [9.17, 15) is 9.59 Å². The molecule has 1 radical (unpaired) electrons. The van der Waals surface area contributed by atoms with Gasteiger partial charge in [0.2, 0.25) is 5.91 Å². The summed E-state index contributed by atoms with van der Waals surface area (Å²) in [7, 11) is 0. The second-order valence-electron chi connectivity index (χ2n) is 6.22. The number of Topliss-reactive ketones (excluding diaryl/α,β-unsaturated/α-hetero) is 1. The van der Waals surface area contributed by atoms with Gasteiger partial charge in [-0.25, -0.2) is 0 Å². The van der Waals surface area contributed by atoms with Crippen molar-refractivity contribution < 1.29 is 9.59 Å². The monoisotopic (exact) mass is 357 g/mol. The number of nitrogens with two attached hydrogens (primary N) is 1. The van der Waals surface area contributed by atoms with Gasteiger partial charge < -0.3 is 11.1 Å². The van der Waals surface area contributed by atoms with E-state index >= 15 is 0 Å². The Morgan fingerprint density at radius 2 is 1.88 bits per heavy atom. The number of carbonyl (C=O) groups excluding carboxylic acids is 2. The molecule has 3 N–H and O–H groups in total. The molecule has 2 atom stereocenters. The average Bonchev–Trinajstić information content (AvgIpc) is 2.60. The van der Waals surface area contributed by atoms with Crippen LogP contribution in [0.4, 0.5) is 0 Å². The second-order valence-corrected chi connectivity index (χ2v) is 6.59. The summed E-state index contributed by atoms with van der Waals surface area (Å²) in [5, 5.41) is 4.64. The Bertz CT molecular complexity index is 760. The van der Waals surface area contributed by atoms with Gasteiger partial charge in [0, 0.05) is 24.3 Å². The fourth-order valence-electron chi connectivity index (χ4n) is 3.01. The van der Waals surface area contributed by atoms with Crippen molar-refractivity contribution in [3.8, 4) is 0 Å². The summed E-state index contributed by atoms with van der Waals surface area (Å²) in [6, 6.07) is 11.0. The molecule has 0 unspecified atom stereocenters. The van der Waals surface area contributed by atoms with E-state index in [4.69, 9.17) is 5.73 Å². The van der Waals surface area contributed by atoms with Gasteiger partial charge in [0.15, 0.2) is 5.78 Å². The lowest BCUT2D eigenvalue weighted by atomic mass is 9.91. The number of fused-ring (bicyclic) bond motifs is 1. The minimum Gasteiger partial charge on any atom is -0.346 e. The fraction of sp³-hybridized carbons (Fsp3) is 0.350. The molecule has 0 aliphatic heterocycles. The van der Waals surface area contributed by atoms with Crippen LogP contribution in [-0.2, 0) is 11.2 Å². The van der Waals surface area contributed by atoms with Gasteiger partial charge in [-0.2, -0.15) is 12.6 Å². The Morgan fingerprint density at radius 1 is 1.20 bits per heavy atom. The first-order valence-electron chi connectivity index (χ1n) is 8.45. The van der Waals surface area contributed by atoms with Crippen LogP contribution >= 0.6 is 12.6 Å². The molecule has 2 aromatic rings. The van der Waals surface area contributed by atoms with Gasteiger partial charge in [-0.3, -0.25) is 9.59 Å². The third-order valence-corrected chi connectivity index (χ3v) is 4.65. The van der Waals surface area contributed by atoms with Crippen molar-refractivity contribution in [2.45, 2.75) is 38.3 Å². The topological polar surface area (TPSA) is 72.2 Å². The first-order valence-corrected chi connectivity index (χ1v) is 9.08. The van der Waals surface area contributed by atoms with Gasteiger partial charge in [0.05, 0.1) is 6.04 Å². The molecule has 5 heteroatoms. The summed E-state index contributed by atoms with van der Waals surface area (Å²) >= 11 is 4.25. The normalized spacial score (nSPS) is 13.4. The first kappa shape index (κ1) is 19.5. The first-order chi connectivity index (χ1) is 12.0. The number of carbonyl (C=O) groups is 2. The number of thiol groups is 1. The van der Waals surface area contributed by atoms with E-state index in [1.54, 1.807) is 0 Å². The largest absolute Gasteiger partial charge is 0.346 e. The Kier molecular flexibility index (Phi) is 7.02. The van der Waals surface area contributed by atoms with Crippen molar-refractivity contribution in [3.05, 3.63) is 54.4 Å². The van der Waals surface area contributed by atoms with Crippen LogP contribution < -0.4 is 11.1 Å². The number of hydrogen-bond donors (Lipinski definition) is 3. The highest BCUT2D eigenvalue weighted by Gasteiger charge is 2.22. The molecular formula is C20H25N2O2S. The van der Waals surface area contributed by atoms with Crippen molar-refractivity contribution in [1.82, 2.24) is 5.32 Å². The third-order valence-electron chi connectivity index (χ3n) is 4.18. The number of hydrogen-bond acceptors (Lipinski definition) is 4. The molecule has 0 heterocycles. The smallest absolute Gasteiger partial charge is 0.217 e. The standard InChI is InChI=1S/C20H25N2O2S/c1-3-6-19(22-13(2)23)20(24)18-10-9-14(11-15(21)12-25)16-7-4-5-8-17(16)18/h4-5,7-10,15,19,25H,1,3,6,11-12,21H2,2H3,(H,22,23)/t15-,19+/m1/s1. The Labute approximate surface area is 154 Å². The summed E-state index contributed by atoms with van der Waals surface area (Å²) in [5.41, 5.74) is 7.75. The Hall–Kier alpha value is -1.85. The molecule has 0 aliphatic rings. The highest BCUT2D eigenvalue weighted by molar-refractivity contribution is 7.80. The maximum atomic E-state index is 13.0. The lowest BCUT2D eigenvalue weighted by Gasteiger charge is -2.18. The predicted octanol–water partition coefficient (Wildman–Crippen LogP) is 2.94. The SMILES string of the molecule is [CH2]CC[C@H](NC(C)=O)C(=O)c1ccc(C[C@@H](N)CS)c2ccccc12. The predicted molar refractivity (Wildman–Crippen MR) is 106 cm³/mol. The molecule has 25 heavy (non-hydrogen) atoms. The summed E-state index contributed by atoms with van der Waals surface area (Å²) in [4.78, 5) is 24.4. The van der Waals surface area contributed by atoms with Crippen molar-refractivity contribution in [3.63, 3.8) is 0 Å². The van der Waals surface area contributed by atoms with Crippen molar-refractivity contribution in [2.24, 2.45) is 5.73 Å². The summed E-state index contributed by atoms with van der Waals surface area (Å²) in [5.74, 6) is 0.302. The zero-order valence-corrected chi connectivity index (χ0v) is 15.4. The molecule has 133 valence electrons. The number of ketones is 1. The molecule has 0 saturated carbocycles. The van der Waals surface area contributed by atoms with E-state index in [2.05, 4.69) is 24.9 Å². The van der Waals surface area contributed by atoms with E-state index < -0.39 is 6.04 Å². The molecular weight excluding hydrogens is 332 g/mol. The number of amides is 1. The summed E-state index contributed by atoms with van der Waals surface area (Å²) in [6.45, 7) is 5.22. The van der Waals surface area contributed by atoms with Gasteiger partial charge in [0.1, 0.15) is 0 Å². The Balaban J connectivity index is 2.46. The van der Waals surface area contributed by atoms with E-state index in [1.165, 1.54) is 6.92 Å². The maximum Gasteiger partial charge on any atom is 0.217 e. The number of nitrogens with one attached hydrogen (secondary N) is 1. The van der Waals surface area contributed by atoms with Crippen LogP contribution in [0.2, 0.25) is 0 Å². The molecule has 2 aromatic carbocycles. The number of rotatable bonds is 8. The Morgan fingerprint density at radius 3 is 2.48 bits per heavy atom. The van der Waals surface area contributed by atoms with Gasteiger partial charge >= 0.3 is 0 Å². The van der Waals surface area contributed by atoms with Gasteiger partial charge in [-0.1, -0.05) is 49.7 Å². The minimum atomic E-state index is -0.552. The summed E-state index contributed by atoms with van der Waals surface area (Å²) < 4.78 is 0. The molecule has 2 rings (SSSR count). The molecule has 0 spiro atoms. The quantitative estimate of drug-likeness (QED) is 0.502. The molecule has 4 nitrogen and oxygen atoms in total. The third kappa shape index (κ3) is 4.83. The summed E-state index contributed by atoms with van der Waals surface area (Å²) in [6.07, 6.45) is 1.79. The van der Waals surface area contributed by atoms with Crippen LogP contribution in [0.1, 0.15) is 35.7 Å². The van der Waals surface area contributed by atoms with Gasteiger partial charge in [-0.15, -0.1) is 0 Å². The molecule has 0 aromatic heterocycles. The zero-order chi connectivity index (χ0) is 18.4. The molecule has 0 saturated heterocycles. The molecule has 0 aliphatic carbocycles. The van der Waals surface area contributed by atoms with Crippen molar-refractivity contribution in [1.29, 1.82) is 0 Å². The lowest BCUT2D eigenvalue weighted by molar-refractivity contribution is -0.119. The zero-order valence-electron chi connectivity index (χ0n) is 14.5. The average molecular weight is 357 g/mol. The van der Waals surface area contributed by atoms with E-state index in [0.717, 1.165) is 16.3 Å². The van der Waals surface area contributed by atoms with Crippen LogP contribution in [0, 0.1) is 6.92 Å². The van der Waals surface area contributed by atoms with Crippen molar-refractivity contribution in [2.75, 3.05) is 5.75 Å². The van der Waals surface area contributed by atoms with E-state index in [1.807, 2.05) is 36.4 Å². The van der Waals surface area contributed by atoms with Gasteiger partial charge in [0.25, 0.3) is 0 Å².